The Morgan fingerprint density at radius 1 is 1.53 bits per heavy atom. The molecule has 1 N–H and O–H groups in total. The lowest BCUT2D eigenvalue weighted by atomic mass is 10.2. The van der Waals surface area contributed by atoms with Crippen molar-refractivity contribution in [2.24, 2.45) is 0 Å². The van der Waals surface area contributed by atoms with E-state index < -0.39 is 0 Å². The van der Waals surface area contributed by atoms with Gasteiger partial charge in [-0.05, 0) is 12.1 Å². The minimum Gasteiger partial charge on any atom is -0.488 e. The first-order chi connectivity index (χ1) is 9.28. The number of rotatable bonds is 2. The molecule has 3 rings (SSSR count). The largest absolute Gasteiger partial charge is 0.488 e. The number of hydrogen-bond donors (Lipinski definition) is 1. The van der Waals surface area contributed by atoms with Crippen molar-refractivity contribution >= 4 is 23.0 Å². The van der Waals surface area contributed by atoms with E-state index in [-0.39, 0.29) is 0 Å². The third kappa shape index (κ3) is 2.23. The average molecular weight is 275 g/mol. The second-order valence-corrected chi connectivity index (χ2v) is 4.64. The maximum atomic E-state index is 7.11. The molecule has 0 unspecified atom stereocenters. The molecule has 1 aliphatic rings. The zero-order valence-corrected chi connectivity index (χ0v) is 10.8. The highest BCUT2D eigenvalue weighted by Crippen LogP contribution is 2.41. The molecule has 0 amide bonds. The van der Waals surface area contributed by atoms with Crippen LogP contribution in [0, 0.1) is 6.57 Å². The Kier molecular flexibility index (Phi) is 3.02. The maximum Gasteiger partial charge on any atom is 0.191 e. The van der Waals surface area contributed by atoms with Crippen LogP contribution in [0.2, 0.25) is 5.02 Å². The molecule has 19 heavy (non-hydrogen) atoms. The predicted octanol–water partition coefficient (Wildman–Crippen LogP) is 3.01. The van der Waals surface area contributed by atoms with E-state index in [2.05, 4.69) is 19.7 Å². The Morgan fingerprint density at radius 2 is 2.42 bits per heavy atom. The molecule has 0 atom stereocenters. The van der Waals surface area contributed by atoms with Crippen LogP contribution in [0.25, 0.3) is 4.85 Å². The van der Waals surface area contributed by atoms with E-state index >= 15 is 0 Å². The van der Waals surface area contributed by atoms with Gasteiger partial charge in [0.25, 0.3) is 0 Å². The van der Waals surface area contributed by atoms with E-state index in [1.807, 2.05) is 6.07 Å². The van der Waals surface area contributed by atoms with Crippen LogP contribution >= 0.6 is 11.6 Å². The monoisotopic (exact) mass is 274 g/mol. The highest BCUT2D eigenvalue weighted by molar-refractivity contribution is 6.33. The van der Waals surface area contributed by atoms with Crippen molar-refractivity contribution in [3.63, 3.8) is 0 Å². The number of imidazole rings is 1. The molecule has 0 saturated carbocycles. The molecular weight excluding hydrogens is 264 g/mol. The fourth-order valence-corrected chi connectivity index (χ4v) is 2.39. The van der Waals surface area contributed by atoms with Crippen LogP contribution in [0.3, 0.4) is 0 Å². The molecule has 0 fully saturated rings. The summed E-state index contributed by atoms with van der Waals surface area (Å²) in [6.45, 7) is 9.13. The Morgan fingerprint density at radius 3 is 3.16 bits per heavy atom. The molecule has 1 aliphatic heterocycles. The van der Waals surface area contributed by atoms with Crippen LogP contribution in [-0.2, 0) is 6.54 Å². The zero-order valence-electron chi connectivity index (χ0n) is 10.1. The van der Waals surface area contributed by atoms with Gasteiger partial charge in [0.05, 0.1) is 42.4 Å². The van der Waals surface area contributed by atoms with Crippen molar-refractivity contribution in [1.82, 2.24) is 9.97 Å². The van der Waals surface area contributed by atoms with Crippen molar-refractivity contribution < 1.29 is 4.74 Å². The molecular formula is C13H11ClN4O. The van der Waals surface area contributed by atoms with Crippen LogP contribution in [0.1, 0.15) is 5.69 Å². The van der Waals surface area contributed by atoms with E-state index in [4.69, 9.17) is 22.9 Å². The summed E-state index contributed by atoms with van der Waals surface area (Å²) in [5, 5.41) is 0.484. The molecule has 1 aromatic heterocycles. The first kappa shape index (κ1) is 11.9. The van der Waals surface area contributed by atoms with Gasteiger partial charge in [-0.3, -0.25) is 0 Å². The zero-order chi connectivity index (χ0) is 13.2. The average Bonchev–Trinajstić information content (AvgIpc) is 2.92. The molecule has 0 aliphatic carbocycles. The second kappa shape index (κ2) is 4.82. The van der Waals surface area contributed by atoms with Gasteiger partial charge in [0.1, 0.15) is 6.61 Å². The molecule has 2 aromatic rings. The van der Waals surface area contributed by atoms with Crippen molar-refractivity contribution in [2.75, 3.05) is 18.1 Å². The Labute approximate surface area is 115 Å². The summed E-state index contributed by atoms with van der Waals surface area (Å²) in [6.07, 6.45) is 3.44. The number of aromatic amines is 1. The lowest BCUT2D eigenvalue weighted by Gasteiger charge is -2.31. The van der Waals surface area contributed by atoms with E-state index in [1.165, 1.54) is 0 Å². The van der Waals surface area contributed by atoms with Crippen molar-refractivity contribution in [3.05, 3.63) is 46.8 Å². The van der Waals surface area contributed by atoms with Gasteiger partial charge < -0.3 is 14.6 Å². The number of halogens is 1. The standard InChI is InChI=1S/C13H11ClN4O/c1-15-9-4-11(14)13-12(5-9)18(2-3-19-13)7-10-6-16-8-17-10/h4-6,8H,2-3,7H2,(H,16,17). The van der Waals surface area contributed by atoms with Gasteiger partial charge in [0, 0.05) is 6.20 Å². The summed E-state index contributed by atoms with van der Waals surface area (Å²) in [7, 11) is 0. The molecule has 1 aromatic carbocycles. The highest BCUT2D eigenvalue weighted by Gasteiger charge is 2.22. The van der Waals surface area contributed by atoms with Gasteiger partial charge >= 0.3 is 0 Å². The number of fused-ring (bicyclic) bond motifs is 1. The fourth-order valence-electron chi connectivity index (χ4n) is 2.13. The Balaban J connectivity index is 1.99. The fraction of sp³-hybridized carbons (Fsp3) is 0.231. The number of nitrogens with one attached hydrogen (secondary N) is 1. The minimum absolute atomic E-state index is 0.484. The molecule has 2 heterocycles. The van der Waals surface area contributed by atoms with Crippen LogP contribution in [0.5, 0.6) is 5.75 Å². The lowest BCUT2D eigenvalue weighted by molar-refractivity contribution is 0.307. The Bertz CT molecular complexity index is 633. The van der Waals surface area contributed by atoms with Crippen LogP contribution in [-0.4, -0.2) is 23.1 Å². The summed E-state index contributed by atoms with van der Waals surface area (Å²) in [4.78, 5) is 12.6. The number of hydrogen-bond acceptors (Lipinski definition) is 3. The topological polar surface area (TPSA) is 45.5 Å². The number of benzene rings is 1. The number of H-pyrrole nitrogens is 1. The third-order valence-electron chi connectivity index (χ3n) is 3.00. The van der Waals surface area contributed by atoms with E-state index in [9.17, 15) is 0 Å². The quantitative estimate of drug-likeness (QED) is 0.856. The first-order valence-corrected chi connectivity index (χ1v) is 6.22. The predicted molar refractivity (Wildman–Crippen MR) is 72.8 cm³/mol. The molecule has 0 bridgehead atoms. The first-order valence-electron chi connectivity index (χ1n) is 5.84. The summed E-state index contributed by atoms with van der Waals surface area (Å²) >= 11 is 6.16. The molecule has 5 nitrogen and oxygen atoms in total. The van der Waals surface area contributed by atoms with Crippen LogP contribution in [0.15, 0.2) is 24.7 Å². The van der Waals surface area contributed by atoms with Crippen molar-refractivity contribution in [2.45, 2.75) is 6.54 Å². The maximum absolute atomic E-state index is 7.11. The van der Waals surface area contributed by atoms with Gasteiger partial charge in [0.15, 0.2) is 11.4 Å². The SMILES string of the molecule is [C-]#[N+]c1cc(Cl)c2c(c1)N(Cc1cnc[nH]1)CCO2. The van der Waals surface area contributed by atoms with E-state index in [0.717, 1.165) is 17.9 Å². The van der Waals surface area contributed by atoms with Gasteiger partial charge in [-0.25, -0.2) is 9.83 Å². The van der Waals surface area contributed by atoms with Gasteiger partial charge in [-0.1, -0.05) is 11.6 Å². The molecule has 0 spiro atoms. The lowest BCUT2D eigenvalue weighted by Crippen LogP contribution is -2.32. The second-order valence-electron chi connectivity index (χ2n) is 4.23. The van der Waals surface area contributed by atoms with Crippen LogP contribution < -0.4 is 9.64 Å². The normalized spacial score (nSPS) is 13.6. The number of ether oxygens (including phenoxy) is 1. The number of anilines is 1. The molecule has 96 valence electrons. The van der Waals surface area contributed by atoms with E-state index in [0.29, 0.717) is 29.6 Å². The van der Waals surface area contributed by atoms with Crippen LogP contribution in [0.4, 0.5) is 11.4 Å². The summed E-state index contributed by atoms with van der Waals surface area (Å²) in [6, 6.07) is 3.44. The summed E-state index contributed by atoms with van der Waals surface area (Å²) in [5.74, 6) is 0.653. The molecule has 0 saturated heterocycles. The third-order valence-corrected chi connectivity index (χ3v) is 3.28. The van der Waals surface area contributed by atoms with Gasteiger partial charge in [0.2, 0.25) is 0 Å². The Hall–Kier alpha value is -2.19. The minimum atomic E-state index is 0.484. The smallest absolute Gasteiger partial charge is 0.191 e. The van der Waals surface area contributed by atoms with Gasteiger partial charge in [-0.2, -0.15) is 0 Å². The molecule has 0 radical (unpaired) electrons. The van der Waals surface area contributed by atoms with Crippen molar-refractivity contribution in [3.8, 4) is 5.75 Å². The van der Waals surface area contributed by atoms with Gasteiger partial charge in [-0.15, -0.1) is 0 Å². The number of nitrogens with zero attached hydrogens (tertiary/aromatic N) is 3. The summed E-state index contributed by atoms with van der Waals surface area (Å²) in [5.41, 5.74) is 2.39. The number of aromatic nitrogens is 2. The molecule has 6 heteroatoms. The highest BCUT2D eigenvalue weighted by atomic mass is 35.5. The van der Waals surface area contributed by atoms with Crippen molar-refractivity contribution in [1.29, 1.82) is 0 Å². The summed E-state index contributed by atoms with van der Waals surface area (Å²) < 4.78 is 5.60. The van der Waals surface area contributed by atoms with E-state index in [1.54, 1.807) is 18.6 Å².